The minimum Gasteiger partial charge on any atom is -0.468 e. The molecule has 2 N–H and O–H groups in total. The molecule has 0 spiro atoms. The lowest BCUT2D eigenvalue weighted by Gasteiger charge is -2.62. The van der Waals surface area contributed by atoms with Crippen molar-refractivity contribution in [2.24, 2.45) is 11.8 Å². The van der Waals surface area contributed by atoms with Crippen LogP contribution in [0.25, 0.3) is 10.9 Å². The number of aliphatic hydroxyl groups excluding tert-OH is 1. The highest BCUT2D eigenvalue weighted by Crippen LogP contribution is 2.57. The van der Waals surface area contributed by atoms with Crippen molar-refractivity contribution in [1.82, 2.24) is 9.88 Å². The molecule has 160 valence electrons. The van der Waals surface area contributed by atoms with Crippen molar-refractivity contribution in [2.45, 2.75) is 63.1 Å². The fraction of sp³-hybridized carbons (Fsp3) is 0.583. The standard InChI is InChI=1S/C24H30N2O4/c1-13(27)10-20-15-11-18(14(2)28)22-24(12-15,23(29)30-3)21-17(8-9-26(20)22)16-6-4-5-7-19(16)25-21/h4-7,14-15,18,20,22,25,28H,8-12H2,1-3H3/t14-,15+,18+,20?,22-,24+/m0/s1. The number of carbonyl (C=O) groups is 2. The van der Waals surface area contributed by atoms with Crippen LogP contribution in [0.5, 0.6) is 0 Å². The summed E-state index contributed by atoms with van der Waals surface area (Å²) in [6, 6.07) is 8.13. The summed E-state index contributed by atoms with van der Waals surface area (Å²) in [5.74, 6) is 0.0697. The van der Waals surface area contributed by atoms with Crippen LogP contribution in [0.15, 0.2) is 24.3 Å². The zero-order valence-electron chi connectivity index (χ0n) is 17.9. The lowest BCUT2D eigenvalue weighted by molar-refractivity contribution is -0.174. The molecule has 0 radical (unpaired) electrons. The number of piperidine rings is 2. The van der Waals surface area contributed by atoms with Gasteiger partial charge in [0, 0.05) is 47.6 Å². The molecule has 2 unspecified atom stereocenters. The first kappa shape index (κ1) is 19.8. The van der Waals surface area contributed by atoms with E-state index in [1.165, 1.54) is 12.7 Å². The lowest BCUT2D eigenvalue weighted by atomic mass is 9.53. The van der Waals surface area contributed by atoms with E-state index in [1.54, 1.807) is 6.92 Å². The van der Waals surface area contributed by atoms with Gasteiger partial charge in [0.05, 0.1) is 13.2 Å². The molecule has 3 fully saturated rings. The maximum absolute atomic E-state index is 13.6. The van der Waals surface area contributed by atoms with Crippen molar-refractivity contribution in [3.63, 3.8) is 0 Å². The third kappa shape index (κ3) is 2.56. The number of H-pyrrole nitrogens is 1. The number of Topliss-reactive ketones (excluding diaryl/α,β-unsaturated/α-hetero) is 1. The Kier molecular flexibility index (Phi) is 4.56. The van der Waals surface area contributed by atoms with Gasteiger partial charge in [-0.3, -0.25) is 14.5 Å². The highest BCUT2D eigenvalue weighted by molar-refractivity contribution is 5.92. The molecule has 6 heteroatoms. The first-order valence-corrected chi connectivity index (χ1v) is 11.0. The van der Waals surface area contributed by atoms with E-state index in [-0.39, 0.29) is 35.7 Å². The molecule has 0 amide bonds. The van der Waals surface area contributed by atoms with Gasteiger partial charge in [0.1, 0.15) is 11.2 Å². The maximum atomic E-state index is 13.6. The molecule has 6 nitrogen and oxygen atoms in total. The topological polar surface area (TPSA) is 82.6 Å². The number of fused-ring (bicyclic) bond motifs is 4. The molecule has 1 aromatic carbocycles. The molecule has 4 aliphatic rings. The number of ether oxygens (including phenoxy) is 1. The number of hydrogen-bond donors (Lipinski definition) is 2. The second kappa shape index (κ2) is 6.92. The third-order valence-corrected chi connectivity index (χ3v) is 7.94. The SMILES string of the molecule is COC(=O)[C@@]12C[C@H]3C[C@H]([C@H](C)O)[C@@H]1N(CCc1c2[nH]c2ccccc12)C3CC(C)=O. The number of esters is 1. The largest absolute Gasteiger partial charge is 0.468 e. The van der Waals surface area contributed by atoms with Crippen LogP contribution < -0.4 is 0 Å². The molecular formula is C24H30N2O4. The minimum atomic E-state index is -0.850. The minimum absolute atomic E-state index is 0.0385. The Balaban J connectivity index is 1.76. The van der Waals surface area contributed by atoms with Gasteiger partial charge in [0.15, 0.2) is 0 Å². The van der Waals surface area contributed by atoms with Crippen molar-refractivity contribution in [2.75, 3.05) is 13.7 Å². The Morgan fingerprint density at radius 1 is 1.37 bits per heavy atom. The molecule has 3 aliphatic heterocycles. The zero-order chi connectivity index (χ0) is 21.2. The molecule has 1 aromatic heterocycles. The van der Waals surface area contributed by atoms with Gasteiger partial charge in [0.2, 0.25) is 0 Å². The monoisotopic (exact) mass is 410 g/mol. The van der Waals surface area contributed by atoms with Crippen LogP contribution >= 0.6 is 0 Å². The van der Waals surface area contributed by atoms with Gasteiger partial charge < -0.3 is 14.8 Å². The first-order chi connectivity index (χ1) is 14.4. The van der Waals surface area contributed by atoms with Crippen LogP contribution in [0.1, 0.15) is 44.4 Å². The number of ketones is 1. The van der Waals surface area contributed by atoms with E-state index >= 15 is 0 Å². The molecule has 1 aliphatic carbocycles. The van der Waals surface area contributed by atoms with E-state index in [4.69, 9.17) is 4.74 Å². The quantitative estimate of drug-likeness (QED) is 0.757. The Labute approximate surface area is 176 Å². The van der Waals surface area contributed by atoms with E-state index in [1.807, 2.05) is 19.1 Å². The van der Waals surface area contributed by atoms with Crippen molar-refractivity contribution in [1.29, 1.82) is 0 Å². The Hall–Kier alpha value is -2.18. The number of aliphatic hydroxyl groups is 1. The number of hydrogen-bond acceptors (Lipinski definition) is 5. The highest BCUT2D eigenvalue weighted by atomic mass is 16.5. The highest BCUT2D eigenvalue weighted by Gasteiger charge is 2.66. The average molecular weight is 411 g/mol. The number of aromatic amines is 1. The molecule has 2 saturated heterocycles. The number of rotatable bonds is 4. The number of benzene rings is 1. The van der Waals surface area contributed by atoms with E-state index in [9.17, 15) is 14.7 Å². The van der Waals surface area contributed by atoms with E-state index < -0.39 is 11.5 Å². The van der Waals surface area contributed by atoms with E-state index in [0.717, 1.165) is 36.0 Å². The molecule has 4 heterocycles. The summed E-state index contributed by atoms with van der Waals surface area (Å²) in [5, 5.41) is 11.9. The number of carbonyl (C=O) groups excluding carboxylic acids is 2. The van der Waals surface area contributed by atoms with Gasteiger partial charge in [0.25, 0.3) is 0 Å². The fourth-order valence-electron chi connectivity index (χ4n) is 6.92. The summed E-state index contributed by atoms with van der Waals surface area (Å²) >= 11 is 0. The summed E-state index contributed by atoms with van der Waals surface area (Å²) in [4.78, 5) is 31.6. The Morgan fingerprint density at radius 3 is 2.83 bits per heavy atom. The van der Waals surface area contributed by atoms with Gasteiger partial charge in [-0.15, -0.1) is 0 Å². The van der Waals surface area contributed by atoms with Gasteiger partial charge in [-0.05, 0) is 50.7 Å². The summed E-state index contributed by atoms with van der Waals surface area (Å²) in [5.41, 5.74) is 2.32. The second-order valence-electron chi connectivity index (χ2n) is 9.50. The number of aromatic nitrogens is 1. The number of para-hydroxylation sites is 1. The van der Waals surface area contributed by atoms with Crippen LogP contribution in [0.4, 0.5) is 0 Å². The number of nitrogens with one attached hydrogen (secondary N) is 1. The number of methoxy groups -OCH3 is 1. The third-order valence-electron chi connectivity index (χ3n) is 7.94. The molecule has 2 aromatic rings. The molecule has 4 bridgehead atoms. The van der Waals surface area contributed by atoms with Crippen molar-refractivity contribution >= 4 is 22.7 Å². The van der Waals surface area contributed by atoms with Crippen LogP contribution in [-0.2, 0) is 26.2 Å². The van der Waals surface area contributed by atoms with Crippen molar-refractivity contribution in [3.05, 3.63) is 35.5 Å². The van der Waals surface area contributed by atoms with Gasteiger partial charge in [-0.25, -0.2) is 0 Å². The van der Waals surface area contributed by atoms with Crippen LogP contribution in [0.2, 0.25) is 0 Å². The second-order valence-corrected chi connectivity index (χ2v) is 9.50. The zero-order valence-corrected chi connectivity index (χ0v) is 17.9. The summed E-state index contributed by atoms with van der Waals surface area (Å²) in [6.45, 7) is 4.25. The lowest BCUT2D eigenvalue weighted by Crippen LogP contribution is -2.72. The molecule has 1 saturated carbocycles. The maximum Gasteiger partial charge on any atom is 0.319 e. The molecular weight excluding hydrogens is 380 g/mol. The summed E-state index contributed by atoms with van der Waals surface area (Å²) in [6.07, 6.45) is 2.27. The average Bonchev–Trinajstić information content (AvgIpc) is 3.05. The predicted octanol–water partition coefficient (Wildman–Crippen LogP) is 2.57. The Bertz CT molecular complexity index is 1010. The molecule has 30 heavy (non-hydrogen) atoms. The normalized spacial score (nSPS) is 35.5. The Morgan fingerprint density at radius 2 is 2.13 bits per heavy atom. The van der Waals surface area contributed by atoms with Gasteiger partial charge >= 0.3 is 5.97 Å². The summed E-state index contributed by atoms with van der Waals surface area (Å²) in [7, 11) is 1.46. The van der Waals surface area contributed by atoms with E-state index in [0.29, 0.717) is 12.8 Å². The number of nitrogens with zero attached hydrogens (tertiary/aromatic N) is 1. The van der Waals surface area contributed by atoms with Gasteiger partial charge in [-0.1, -0.05) is 18.2 Å². The van der Waals surface area contributed by atoms with Gasteiger partial charge in [-0.2, -0.15) is 0 Å². The van der Waals surface area contributed by atoms with Crippen LogP contribution in [0, 0.1) is 11.8 Å². The summed E-state index contributed by atoms with van der Waals surface area (Å²) < 4.78 is 5.44. The fourth-order valence-corrected chi connectivity index (χ4v) is 6.92. The molecule has 7 atom stereocenters. The van der Waals surface area contributed by atoms with Crippen molar-refractivity contribution in [3.8, 4) is 0 Å². The molecule has 6 rings (SSSR count). The van der Waals surface area contributed by atoms with E-state index in [2.05, 4.69) is 22.0 Å². The van der Waals surface area contributed by atoms with Crippen molar-refractivity contribution < 1.29 is 19.4 Å². The smallest absolute Gasteiger partial charge is 0.319 e. The van der Waals surface area contributed by atoms with Crippen LogP contribution in [-0.4, -0.2) is 58.6 Å². The predicted molar refractivity (Wildman–Crippen MR) is 113 cm³/mol. The van der Waals surface area contributed by atoms with Crippen LogP contribution in [0.3, 0.4) is 0 Å². The first-order valence-electron chi connectivity index (χ1n) is 11.0.